The summed E-state index contributed by atoms with van der Waals surface area (Å²) in [6.45, 7) is 14.6. The second kappa shape index (κ2) is 8.40. The maximum Gasteiger partial charge on any atom is 0.321 e. The lowest BCUT2D eigenvalue weighted by Crippen LogP contribution is -2.40. The molecule has 0 aromatic rings. The predicted molar refractivity (Wildman–Crippen MR) is 97.2 cm³/mol. The van der Waals surface area contributed by atoms with Gasteiger partial charge in [-0.05, 0) is 73.1 Å². The molecule has 0 N–H and O–H groups in total. The van der Waals surface area contributed by atoms with Crippen LogP contribution in [-0.4, -0.2) is 35.7 Å². The number of rotatable bonds is 5. The number of hydrogen-bond donors (Lipinski definition) is 0. The van der Waals surface area contributed by atoms with Crippen LogP contribution in [0.2, 0.25) is 0 Å². The highest BCUT2D eigenvalue weighted by Gasteiger charge is 2.47. The summed E-state index contributed by atoms with van der Waals surface area (Å²) in [6, 6.07) is 0. The van der Waals surface area contributed by atoms with Crippen LogP contribution >= 0.6 is 0 Å². The van der Waals surface area contributed by atoms with Gasteiger partial charge in [-0.1, -0.05) is 6.92 Å². The smallest absolute Gasteiger partial charge is 0.321 e. The lowest BCUT2D eigenvalue weighted by molar-refractivity contribution is -0.177. The van der Waals surface area contributed by atoms with E-state index in [9.17, 15) is 14.4 Å². The van der Waals surface area contributed by atoms with Crippen molar-refractivity contribution in [3.63, 3.8) is 0 Å². The van der Waals surface area contributed by atoms with Crippen molar-refractivity contribution in [3.8, 4) is 0 Å². The molecule has 6 heteroatoms. The fourth-order valence-electron chi connectivity index (χ4n) is 3.36. The van der Waals surface area contributed by atoms with Crippen LogP contribution in [-0.2, 0) is 28.6 Å². The Hall–Kier alpha value is -1.59. The van der Waals surface area contributed by atoms with Crippen molar-refractivity contribution in [2.75, 3.05) is 6.61 Å². The van der Waals surface area contributed by atoms with Gasteiger partial charge in [-0.3, -0.25) is 14.4 Å². The number of ether oxygens (including phenoxy) is 3. The molecule has 0 bridgehead atoms. The highest BCUT2D eigenvalue weighted by molar-refractivity contribution is 5.95. The first-order chi connectivity index (χ1) is 11.7. The Morgan fingerprint density at radius 3 is 1.77 bits per heavy atom. The van der Waals surface area contributed by atoms with Gasteiger partial charge in [-0.2, -0.15) is 0 Å². The molecule has 0 amide bonds. The van der Waals surface area contributed by atoms with E-state index < -0.39 is 29.1 Å². The van der Waals surface area contributed by atoms with E-state index in [1.54, 1.807) is 48.5 Å². The Kier molecular flexibility index (Phi) is 7.25. The Balaban J connectivity index is 3.03. The molecule has 0 saturated heterocycles. The third-order valence-corrected chi connectivity index (χ3v) is 4.30. The van der Waals surface area contributed by atoms with Gasteiger partial charge in [0.15, 0.2) is 5.92 Å². The molecule has 150 valence electrons. The first kappa shape index (κ1) is 22.5. The molecule has 3 unspecified atom stereocenters. The molecular formula is C20H34O6. The number of carbonyl (C=O) groups is 3. The van der Waals surface area contributed by atoms with Crippen molar-refractivity contribution in [3.05, 3.63) is 0 Å². The minimum Gasteiger partial charge on any atom is -0.466 e. The highest BCUT2D eigenvalue weighted by Crippen LogP contribution is 2.42. The van der Waals surface area contributed by atoms with Crippen LogP contribution in [0.5, 0.6) is 0 Å². The van der Waals surface area contributed by atoms with Crippen LogP contribution in [0.25, 0.3) is 0 Å². The van der Waals surface area contributed by atoms with Crippen LogP contribution in [0.1, 0.15) is 68.2 Å². The number of carbonyl (C=O) groups excluding carboxylic acids is 3. The molecule has 1 rings (SSSR count). The van der Waals surface area contributed by atoms with Crippen molar-refractivity contribution < 1.29 is 28.6 Å². The summed E-state index contributed by atoms with van der Waals surface area (Å²) < 4.78 is 16.1. The van der Waals surface area contributed by atoms with Gasteiger partial charge in [0, 0.05) is 0 Å². The van der Waals surface area contributed by atoms with E-state index in [4.69, 9.17) is 14.2 Å². The largest absolute Gasteiger partial charge is 0.466 e. The molecule has 26 heavy (non-hydrogen) atoms. The summed E-state index contributed by atoms with van der Waals surface area (Å²) in [5.41, 5.74) is -1.41. The maximum absolute atomic E-state index is 12.7. The maximum atomic E-state index is 12.7. The van der Waals surface area contributed by atoms with Gasteiger partial charge in [0.2, 0.25) is 0 Å². The minimum absolute atomic E-state index is 0.0337. The lowest BCUT2D eigenvalue weighted by Gasteiger charge is -2.29. The Labute approximate surface area is 156 Å². The molecule has 1 aliphatic rings. The van der Waals surface area contributed by atoms with Crippen molar-refractivity contribution >= 4 is 17.9 Å². The van der Waals surface area contributed by atoms with Crippen LogP contribution in [0.15, 0.2) is 0 Å². The average Bonchev–Trinajstić information content (AvgIpc) is 2.76. The zero-order chi connectivity index (χ0) is 20.3. The van der Waals surface area contributed by atoms with E-state index in [0.717, 1.165) is 0 Å². The average molecular weight is 370 g/mol. The van der Waals surface area contributed by atoms with E-state index in [1.165, 1.54) is 0 Å². The van der Waals surface area contributed by atoms with E-state index >= 15 is 0 Å². The molecule has 0 aromatic carbocycles. The first-order valence-corrected chi connectivity index (χ1v) is 9.37. The topological polar surface area (TPSA) is 78.9 Å². The fraction of sp³-hybridized carbons (Fsp3) is 0.850. The zero-order valence-electron chi connectivity index (χ0n) is 17.4. The van der Waals surface area contributed by atoms with Gasteiger partial charge in [-0.25, -0.2) is 0 Å². The predicted octanol–water partition coefficient (Wildman–Crippen LogP) is 3.51. The molecule has 1 saturated carbocycles. The van der Waals surface area contributed by atoms with Gasteiger partial charge in [0.1, 0.15) is 11.2 Å². The molecule has 0 heterocycles. The van der Waals surface area contributed by atoms with Crippen LogP contribution in [0, 0.1) is 23.7 Å². The second-order valence-electron chi connectivity index (χ2n) is 9.11. The number of esters is 3. The molecule has 0 spiro atoms. The normalized spacial score (nSPS) is 23.7. The van der Waals surface area contributed by atoms with Gasteiger partial charge in [0.05, 0.1) is 12.5 Å². The third-order valence-electron chi connectivity index (χ3n) is 4.30. The molecule has 1 aliphatic carbocycles. The summed E-state index contributed by atoms with van der Waals surface area (Å²) in [4.78, 5) is 37.7. The first-order valence-electron chi connectivity index (χ1n) is 9.37. The third kappa shape index (κ3) is 6.61. The molecule has 6 nitrogen and oxygen atoms in total. The zero-order valence-corrected chi connectivity index (χ0v) is 17.4. The Morgan fingerprint density at radius 2 is 1.38 bits per heavy atom. The summed E-state index contributed by atoms with van der Waals surface area (Å²) in [7, 11) is 0. The summed E-state index contributed by atoms with van der Waals surface area (Å²) in [6.07, 6.45) is 0.996. The van der Waals surface area contributed by atoms with Crippen molar-refractivity contribution in [1.82, 2.24) is 0 Å². The lowest BCUT2D eigenvalue weighted by atomic mass is 9.89. The SMILES string of the molecule is CCOC(=O)C1CC(C(C(=O)OC(C)(C)C)C(=O)OC(C)(C)C)CC1C. The van der Waals surface area contributed by atoms with Crippen LogP contribution in [0.4, 0.5) is 0 Å². The Bertz CT molecular complexity index is 497. The van der Waals surface area contributed by atoms with Crippen molar-refractivity contribution in [1.29, 1.82) is 0 Å². The monoisotopic (exact) mass is 370 g/mol. The minimum atomic E-state index is -1.03. The fourth-order valence-corrected chi connectivity index (χ4v) is 3.36. The van der Waals surface area contributed by atoms with E-state index in [-0.39, 0.29) is 23.7 Å². The van der Waals surface area contributed by atoms with Crippen LogP contribution < -0.4 is 0 Å². The van der Waals surface area contributed by atoms with Gasteiger partial charge < -0.3 is 14.2 Å². The molecule has 0 radical (unpaired) electrons. The quantitative estimate of drug-likeness (QED) is 0.419. The van der Waals surface area contributed by atoms with Crippen molar-refractivity contribution in [2.45, 2.75) is 79.4 Å². The summed E-state index contributed by atoms with van der Waals surface area (Å²) in [5.74, 6) is -3.06. The van der Waals surface area contributed by atoms with E-state index in [1.807, 2.05) is 6.92 Å². The number of hydrogen-bond acceptors (Lipinski definition) is 6. The standard InChI is InChI=1S/C20H34O6/c1-9-24-16(21)14-11-13(10-12(14)2)15(17(22)25-19(3,4)5)18(23)26-20(6,7)8/h12-15H,9-11H2,1-8H3. The molecule has 1 fully saturated rings. The van der Waals surface area contributed by atoms with Gasteiger partial charge in [0.25, 0.3) is 0 Å². The van der Waals surface area contributed by atoms with Gasteiger partial charge in [-0.15, -0.1) is 0 Å². The summed E-state index contributed by atoms with van der Waals surface area (Å²) in [5, 5.41) is 0. The Morgan fingerprint density at radius 1 is 0.923 bits per heavy atom. The van der Waals surface area contributed by atoms with Crippen molar-refractivity contribution in [2.24, 2.45) is 23.7 Å². The van der Waals surface area contributed by atoms with E-state index in [2.05, 4.69) is 0 Å². The summed E-state index contributed by atoms with van der Waals surface area (Å²) >= 11 is 0. The van der Waals surface area contributed by atoms with Crippen LogP contribution in [0.3, 0.4) is 0 Å². The van der Waals surface area contributed by atoms with E-state index in [0.29, 0.717) is 19.4 Å². The molecular weight excluding hydrogens is 336 g/mol. The molecule has 0 aromatic heterocycles. The second-order valence-corrected chi connectivity index (χ2v) is 9.11. The molecule has 0 aliphatic heterocycles. The van der Waals surface area contributed by atoms with Gasteiger partial charge >= 0.3 is 17.9 Å². The highest BCUT2D eigenvalue weighted by atomic mass is 16.6. The molecule has 3 atom stereocenters.